The first-order chi connectivity index (χ1) is 11.6. The maximum absolute atomic E-state index is 13.7. The summed E-state index contributed by atoms with van der Waals surface area (Å²) >= 11 is 0. The van der Waals surface area contributed by atoms with Crippen molar-refractivity contribution in [2.45, 2.75) is 0 Å². The number of halogens is 2. The first kappa shape index (κ1) is 15.6. The monoisotopic (exact) mass is 326 g/mol. The minimum atomic E-state index is -0.717. The fourth-order valence-corrected chi connectivity index (χ4v) is 2.06. The molecule has 1 amide bonds. The lowest BCUT2D eigenvalue weighted by molar-refractivity contribution is 0.0955. The Kier molecular flexibility index (Phi) is 4.47. The SMILES string of the molecule is O=C(N/N=C\c1ccc(-c2ccc(F)cc2F)o1)c1ccccc1. The van der Waals surface area contributed by atoms with Gasteiger partial charge in [0.25, 0.3) is 5.91 Å². The topological polar surface area (TPSA) is 54.6 Å². The van der Waals surface area contributed by atoms with Crippen molar-refractivity contribution in [1.29, 1.82) is 0 Å². The van der Waals surface area contributed by atoms with E-state index in [2.05, 4.69) is 10.5 Å². The van der Waals surface area contributed by atoms with Crippen LogP contribution in [0, 0.1) is 11.6 Å². The molecule has 1 heterocycles. The minimum absolute atomic E-state index is 0.143. The van der Waals surface area contributed by atoms with Gasteiger partial charge in [0.05, 0.1) is 11.8 Å². The second-order valence-electron chi connectivity index (χ2n) is 4.89. The van der Waals surface area contributed by atoms with Crippen molar-refractivity contribution < 1.29 is 18.0 Å². The van der Waals surface area contributed by atoms with Crippen LogP contribution in [0.1, 0.15) is 16.1 Å². The van der Waals surface area contributed by atoms with E-state index in [1.165, 1.54) is 18.3 Å². The Morgan fingerprint density at radius 2 is 1.83 bits per heavy atom. The number of nitrogens with one attached hydrogen (secondary N) is 1. The molecule has 3 rings (SSSR count). The van der Waals surface area contributed by atoms with Gasteiger partial charge in [-0.2, -0.15) is 5.10 Å². The third-order valence-corrected chi connectivity index (χ3v) is 3.22. The zero-order chi connectivity index (χ0) is 16.9. The van der Waals surface area contributed by atoms with Gasteiger partial charge in [0.1, 0.15) is 23.2 Å². The number of nitrogens with zero attached hydrogens (tertiary/aromatic N) is 1. The average Bonchev–Trinajstić information content (AvgIpc) is 3.04. The normalized spacial score (nSPS) is 10.9. The van der Waals surface area contributed by atoms with Crippen LogP contribution in [0.15, 0.2) is 70.2 Å². The van der Waals surface area contributed by atoms with Crippen molar-refractivity contribution in [3.63, 3.8) is 0 Å². The number of carbonyl (C=O) groups excluding carboxylic acids is 1. The van der Waals surface area contributed by atoms with Crippen molar-refractivity contribution in [1.82, 2.24) is 5.43 Å². The van der Waals surface area contributed by atoms with Crippen LogP contribution in [-0.2, 0) is 0 Å². The molecular weight excluding hydrogens is 314 g/mol. The molecule has 1 aromatic heterocycles. The Balaban J connectivity index is 1.69. The van der Waals surface area contributed by atoms with E-state index in [1.54, 1.807) is 36.4 Å². The standard InChI is InChI=1S/C18H12F2N2O2/c19-13-6-8-15(16(20)10-13)17-9-7-14(24-17)11-21-22-18(23)12-4-2-1-3-5-12/h1-11H,(H,22,23)/b21-11-. The van der Waals surface area contributed by atoms with Gasteiger partial charge in [-0.3, -0.25) is 4.79 Å². The molecule has 0 fully saturated rings. The van der Waals surface area contributed by atoms with Crippen molar-refractivity contribution in [3.05, 3.63) is 83.6 Å². The molecular formula is C18H12F2N2O2. The lowest BCUT2D eigenvalue weighted by Gasteiger charge is -1.99. The van der Waals surface area contributed by atoms with Gasteiger partial charge in [-0.15, -0.1) is 0 Å². The highest BCUT2D eigenvalue weighted by Gasteiger charge is 2.10. The van der Waals surface area contributed by atoms with Crippen molar-refractivity contribution in [2.75, 3.05) is 0 Å². The van der Waals surface area contributed by atoms with E-state index in [4.69, 9.17) is 4.42 Å². The quantitative estimate of drug-likeness (QED) is 0.582. The molecule has 0 bridgehead atoms. The lowest BCUT2D eigenvalue weighted by Crippen LogP contribution is -2.17. The van der Waals surface area contributed by atoms with Gasteiger partial charge >= 0.3 is 0 Å². The van der Waals surface area contributed by atoms with Crippen LogP contribution >= 0.6 is 0 Å². The fraction of sp³-hybridized carbons (Fsp3) is 0. The number of rotatable bonds is 4. The predicted octanol–water partition coefficient (Wildman–Crippen LogP) is 3.99. The van der Waals surface area contributed by atoms with E-state index < -0.39 is 11.6 Å². The molecule has 0 aliphatic heterocycles. The summed E-state index contributed by atoms with van der Waals surface area (Å²) in [5, 5.41) is 3.79. The van der Waals surface area contributed by atoms with Gasteiger partial charge in [0, 0.05) is 11.6 Å². The molecule has 1 N–H and O–H groups in total. The number of hydrogen-bond donors (Lipinski definition) is 1. The average molecular weight is 326 g/mol. The molecule has 0 saturated carbocycles. The molecule has 3 aromatic rings. The number of amides is 1. The van der Waals surface area contributed by atoms with Crippen LogP contribution in [0.25, 0.3) is 11.3 Å². The summed E-state index contributed by atoms with van der Waals surface area (Å²) in [4.78, 5) is 11.8. The molecule has 2 aromatic carbocycles. The van der Waals surface area contributed by atoms with Crippen molar-refractivity contribution in [3.8, 4) is 11.3 Å². The Hall–Kier alpha value is -3.28. The zero-order valence-electron chi connectivity index (χ0n) is 12.4. The second kappa shape index (κ2) is 6.87. The lowest BCUT2D eigenvalue weighted by atomic mass is 10.1. The van der Waals surface area contributed by atoms with Crippen LogP contribution < -0.4 is 5.43 Å². The van der Waals surface area contributed by atoms with Gasteiger partial charge in [-0.1, -0.05) is 18.2 Å². The van der Waals surface area contributed by atoms with E-state index in [-0.39, 0.29) is 17.2 Å². The maximum Gasteiger partial charge on any atom is 0.271 e. The van der Waals surface area contributed by atoms with Crippen molar-refractivity contribution >= 4 is 12.1 Å². The Morgan fingerprint density at radius 3 is 2.58 bits per heavy atom. The van der Waals surface area contributed by atoms with Gasteiger partial charge in [-0.25, -0.2) is 14.2 Å². The zero-order valence-corrected chi connectivity index (χ0v) is 12.4. The number of hydrazone groups is 1. The van der Waals surface area contributed by atoms with Crippen LogP contribution in [0.2, 0.25) is 0 Å². The number of carbonyl (C=O) groups is 1. The maximum atomic E-state index is 13.7. The summed E-state index contributed by atoms with van der Waals surface area (Å²) in [5.41, 5.74) is 2.98. The van der Waals surface area contributed by atoms with E-state index in [0.717, 1.165) is 12.1 Å². The highest BCUT2D eigenvalue weighted by molar-refractivity contribution is 5.94. The largest absolute Gasteiger partial charge is 0.455 e. The number of benzene rings is 2. The molecule has 120 valence electrons. The first-order valence-electron chi connectivity index (χ1n) is 7.07. The molecule has 4 nitrogen and oxygen atoms in total. The number of furan rings is 1. The minimum Gasteiger partial charge on any atom is -0.455 e. The molecule has 0 atom stereocenters. The molecule has 0 aliphatic rings. The molecule has 0 spiro atoms. The highest BCUT2D eigenvalue weighted by atomic mass is 19.1. The third kappa shape index (κ3) is 3.55. The third-order valence-electron chi connectivity index (χ3n) is 3.22. The summed E-state index contributed by atoms with van der Waals surface area (Å²) in [6.07, 6.45) is 1.30. The van der Waals surface area contributed by atoms with Crippen LogP contribution in [-0.4, -0.2) is 12.1 Å². The van der Waals surface area contributed by atoms with Gasteiger partial charge in [0.15, 0.2) is 0 Å². The second-order valence-corrected chi connectivity index (χ2v) is 4.89. The van der Waals surface area contributed by atoms with Gasteiger partial charge in [0.2, 0.25) is 0 Å². The van der Waals surface area contributed by atoms with E-state index in [1.807, 2.05) is 0 Å². The van der Waals surface area contributed by atoms with E-state index in [0.29, 0.717) is 11.3 Å². The first-order valence-corrected chi connectivity index (χ1v) is 7.07. The van der Waals surface area contributed by atoms with Crippen LogP contribution in [0.3, 0.4) is 0 Å². The Bertz CT molecular complexity index is 889. The van der Waals surface area contributed by atoms with Crippen molar-refractivity contribution in [2.24, 2.45) is 5.10 Å². The Labute approximate surface area is 136 Å². The molecule has 6 heteroatoms. The molecule has 0 radical (unpaired) electrons. The van der Waals surface area contributed by atoms with E-state index >= 15 is 0 Å². The van der Waals surface area contributed by atoms with Crippen LogP contribution in [0.5, 0.6) is 0 Å². The van der Waals surface area contributed by atoms with Gasteiger partial charge in [-0.05, 0) is 36.4 Å². The smallest absolute Gasteiger partial charge is 0.271 e. The number of hydrogen-bond acceptors (Lipinski definition) is 3. The Morgan fingerprint density at radius 1 is 1.04 bits per heavy atom. The van der Waals surface area contributed by atoms with Gasteiger partial charge < -0.3 is 4.42 Å². The summed E-state index contributed by atoms with van der Waals surface area (Å²) in [6, 6.07) is 14.9. The molecule has 0 aliphatic carbocycles. The summed E-state index contributed by atoms with van der Waals surface area (Å²) in [6.45, 7) is 0. The predicted molar refractivity (Wildman–Crippen MR) is 85.6 cm³/mol. The summed E-state index contributed by atoms with van der Waals surface area (Å²) < 4.78 is 32.0. The summed E-state index contributed by atoms with van der Waals surface area (Å²) in [5.74, 6) is -1.17. The molecule has 0 saturated heterocycles. The highest BCUT2D eigenvalue weighted by Crippen LogP contribution is 2.25. The van der Waals surface area contributed by atoms with Crippen LogP contribution in [0.4, 0.5) is 8.78 Å². The van der Waals surface area contributed by atoms with E-state index in [9.17, 15) is 13.6 Å². The fourth-order valence-electron chi connectivity index (χ4n) is 2.06. The molecule has 0 unspecified atom stereocenters. The molecule has 24 heavy (non-hydrogen) atoms. The summed E-state index contributed by atoms with van der Waals surface area (Å²) in [7, 11) is 0.